The second-order valence-electron chi connectivity index (χ2n) is 6.25. The Morgan fingerprint density at radius 1 is 1.44 bits per heavy atom. The molecule has 1 heterocycles. The van der Waals surface area contributed by atoms with Gasteiger partial charge in [0.2, 0.25) is 0 Å². The van der Waals surface area contributed by atoms with Gasteiger partial charge in [0.05, 0.1) is 11.5 Å². The first kappa shape index (κ1) is 21.3. The van der Waals surface area contributed by atoms with Crippen molar-refractivity contribution in [1.82, 2.24) is 9.80 Å². The van der Waals surface area contributed by atoms with Crippen molar-refractivity contribution >= 4 is 24.1 Å². The maximum atomic E-state index is 10.9. The maximum absolute atomic E-state index is 10.9. The molecule has 1 aromatic carbocycles. The Hall–Kier alpha value is -1.70. The first-order chi connectivity index (χ1) is 11.4. The molecule has 25 heavy (non-hydrogen) atoms. The molecule has 140 valence electrons. The molecule has 1 aromatic rings. The zero-order valence-corrected chi connectivity index (χ0v) is 15.4. The van der Waals surface area contributed by atoms with E-state index >= 15 is 0 Å². The van der Waals surface area contributed by atoms with Gasteiger partial charge >= 0.3 is 5.97 Å². The number of likely N-dealkylation sites (tertiary alicyclic amines) is 1. The van der Waals surface area contributed by atoms with Crippen LogP contribution in [0, 0.1) is 10.1 Å². The van der Waals surface area contributed by atoms with Gasteiger partial charge in [0.1, 0.15) is 0 Å². The van der Waals surface area contributed by atoms with Crippen LogP contribution in [-0.2, 0) is 4.79 Å². The van der Waals surface area contributed by atoms with Crippen molar-refractivity contribution in [2.45, 2.75) is 38.8 Å². The number of likely N-dealkylation sites (N-methyl/N-ethyl adjacent to an activating group) is 1. The third-order valence-corrected chi connectivity index (χ3v) is 4.87. The molecule has 1 atom stereocenters. The molecule has 1 N–H and O–H groups in total. The van der Waals surface area contributed by atoms with Gasteiger partial charge in [-0.25, -0.2) is 0 Å². The highest BCUT2D eigenvalue weighted by Crippen LogP contribution is 2.27. The van der Waals surface area contributed by atoms with Crippen LogP contribution in [0.15, 0.2) is 24.3 Å². The lowest BCUT2D eigenvalue weighted by molar-refractivity contribution is -0.385. The van der Waals surface area contributed by atoms with E-state index in [4.69, 9.17) is 5.11 Å². The summed E-state index contributed by atoms with van der Waals surface area (Å²) in [5, 5.41) is 19.9. The smallest absolute Gasteiger partial charge is 0.317 e. The summed E-state index contributed by atoms with van der Waals surface area (Å²) in [7, 11) is 0. The van der Waals surface area contributed by atoms with Gasteiger partial charge in [0.25, 0.3) is 5.69 Å². The molecule has 0 aliphatic carbocycles. The van der Waals surface area contributed by atoms with Crippen LogP contribution in [0.5, 0.6) is 0 Å². The quantitative estimate of drug-likeness (QED) is 0.585. The van der Waals surface area contributed by atoms with E-state index in [1.807, 2.05) is 17.9 Å². The highest BCUT2D eigenvalue weighted by molar-refractivity contribution is 5.85. The summed E-state index contributed by atoms with van der Waals surface area (Å²) in [6.07, 6.45) is 1.83. The molecule has 1 unspecified atom stereocenters. The van der Waals surface area contributed by atoms with Crippen molar-refractivity contribution in [1.29, 1.82) is 0 Å². The van der Waals surface area contributed by atoms with Gasteiger partial charge in [-0.05, 0) is 31.9 Å². The minimum atomic E-state index is -0.788. The summed E-state index contributed by atoms with van der Waals surface area (Å²) in [5.74, 6) is -0.788. The van der Waals surface area contributed by atoms with Gasteiger partial charge in [-0.1, -0.05) is 19.1 Å². The Kier molecular flexibility index (Phi) is 8.28. The zero-order valence-electron chi connectivity index (χ0n) is 14.6. The average molecular weight is 372 g/mol. The van der Waals surface area contributed by atoms with E-state index in [0.717, 1.165) is 38.0 Å². The second kappa shape index (κ2) is 9.70. The number of hydrogen-bond acceptors (Lipinski definition) is 5. The van der Waals surface area contributed by atoms with Gasteiger partial charge in [0.15, 0.2) is 0 Å². The molecule has 0 aromatic heterocycles. The van der Waals surface area contributed by atoms with Crippen molar-refractivity contribution in [2.75, 3.05) is 26.2 Å². The van der Waals surface area contributed by atoms with Gasteiger partial charge in [-0.15, -0.1) is 12.4 Å². The van der Waals surface area contributed by atoms with Crippen LogP contribution in [0.3, 0.4) is 0 Å². The fourth-order valence-electron chi connectivity index (χ4n) is 3.42. The van der Waals surface area contributed by atoms with Crippen LogP contribution in [-0.4, -0.2) is 58.0 Å². The summed E-state index contributed by atoms with van der Waals surface area (Å²) in [6, 6.07) is 7.20. The molecule has 1 saturated heterocycles. The number of rotatable bonds is 7. The molecule has 1 aliphatic rings. The number of nitro benzene ring substituents is 1. The van der Waals surface area contributed by atoms with Crippen molar-refractivity contribution in [3.05, 3.63) is 39.9 Å². The van der Waals surface area contributed by atoms with E-state index in [9.17, 15) is 14.9 Å². The van der Waals surface area contributed by atoms with E-state index in [0.29, 0.717) is 6.04 Å². The number of nitro groups is 1. The van der Waals surface area contributed by atoms with Gasteiger partial charge in [-0.2, -0.15) is 0 Å². The monoisotopic (exact) mass is 371 g/mol. The molecule has 1 aliphatic heterocycles. The number of non-ortho nitro benzene ring substituents is 1. The number of aliphatic carboxylic acids is 1. The molecule has 8 heteroatoms. The molecule has 7 nitrogen and oxygen atoms in total. The van der Waals surface area contributed by atoms with Crippen molar-refractivity contribution in [3.8, 4) is 0 Å². The lowest BCUT2D eigenvalue weighted by Crippen LogP contribution is -2.47. The SMILES string of the molecule is CCN(CC(=O)O)C1CCN(C(C)c2cccc([N+](=O)[O-])c2)CC1.Cl. The molecular formula is C17H26ClN3O4. The predicted molar refractivity (Wildman–Crippen MR) is 98.2 cm³/mol. The normalized spacial score (nSPS) is 17.1. The molecule has 1 fully saturated rings. The van der Waals surface area contributed by atoms with Crippen LogP contribution in [0.2, 0.25) is 0 Å². The number of hydrogen-bond donors (Lipinski definition) is 1. The highest BCUT2D eigenvalue weighted by Gasteiger charge is 2.27. The first-order valence-corrected chi connectivity index (χ1v) is 8.36. The Balaban J connectivity index is 0.00000312. The van der Waals surface area contributed by atoms with E-state index in [-0.39, 0.29) is 35.6 Å². The Morgan fingerprint density at radius 2 is 2.08 bits per heavy atom. The number of benzene rings is 1. The second-order valence-corrected chi connectivity index (χ2v) is 6.25. The molecule has 0 saturated carbocycles. The van der Waals surface area contributed by atoms with E-state index in [2.05, 4.69) is 11.8 Å². The van der Waals surface area contributed by atoms with Crippen LogP contribution in [0.4, 0.5) is 5.69 Å². The molecule has 0 bridgehead atoms. The largest absolute Gasteiger partial charge is 0.480 e. The van der Waals surface area contributed by atoms with Crippen LogP contribution in [0.1, 0.15) is 38.3 Å². The summed E-state index contributed by atoms with van der Waals surface area (Å²) >= 11 is 0. The van der Waals surface area contributed by atoms with Crippen LogP contribution >= 0.6 is 12.4 Å². The van der Waals surface area contributed by atoms with E-state index in [1.54, 1.807) is 12.1 Å². The minimum absolute atomic E-state index is 0. The molecule has 0 radical (unpaired) electrons. The van der Waals surface area contributed by atoms with Crippen LogP contribution in [0.25, 0.3) is 0 Å². The standard InChI is InChI=1S/C17H25N3O4.ClH/c1-3-18(12-17(21)22)15-7-9-19(10-8-15)13(2)14-5-4-6-16(11-14)20(23)24;/h4-6,11,13,15H,3,7-10,12H2,1-2H3,(H,21,22);1H. The molecule has 0 amide bonds. The fraction of sp³-hybridized carbons (Fsp3) is 0.588. The maximum Gasteiger partial charge on any atom is 0.317 e. The van der Waals surface area contributed by atoms with Gasteiger partial charge in [-0.3, -0.25) is 24.7 Å². The number of carbonyl (C=O) groups is 1. The number of carboxylic acid groups (broad SMARTS) is 1. The molecule has 2 rings (SSSR count). The summed E-state index contributed by atoms with van der Waals surface area (Å²) in [6.45, 7) is 6.60. The van der Waals surface area contributed by atoms with Crippen molar-refractivity contribution in [3.63, 3.8) is 0 Å². The van der Waals surface area contributed by atoms with Gasteiger partial charge < -0.3 is 5.11 Å². The highest BCUT2D eigenvalue weighted by atomic mass is 35.5. The first-order valence-electron chi connectivity index (χ1n) is 8.36. The van der Waals surface area contributed by atoms with E-state index in [1.165, 1.54) is 6.07 Å². The van der Waals surface area contributed by atoms with Gasteiger partial charge in [0, 0.05) is 37.3 Å². The summed E-state index contributed by atoms with van der Waals surface area (Å²) < 4.78 is 0. The number of piperidine rings is 1. The summed E-state index contributed by atoms with van der Waals surface area (Å²) in [5.41, 5.74) is 1.06. The third kappa shape index (κ3) is 5.66. The zero-order chi connectivity index (χ0) is 17.7. The van der Waals surface area contributed by atoms with Crippen LogP contribution < -0.4 is 0 Å². The lowest BCUT2D eigenvalue weighted by atomic mass is 9.98. The predicted octanol–water partition coefficient (Wildman–Crippen LogP) is 2.95. The van der Waals surface area contributed by atoms with E-state index < -0.39 is 5.97 Å². The average Bonchev–Trinajstić information content (AvgIpc) is 2.59. The topological polar surface area (TPSA) is 86.9 Å². The Labute approximate surface area is 154 Å². The molecule has 0 spiro atoms. The number of carboxylic acids is 1. The van der Waals surface area contributed by atoms with Crippen molar-refractivity contribution in [2.24, 2.45) is 0 Å². The Morgan fingerprint density at radius 3 is 2.60 bits per heavy atom. The van der Waals surface area contributed by atoms with Crippen molar-refractivity contribution < 1.29 is 14.8 Å². The number of nitrogens with zero attached hydrogens (tertiary/aromatic N) is 3. The third-order valence-electron chi connectivity index (χ3n) is 4.87. The fourth-order valence-corrected chi connectivity index (χ4v) is 3.42. The summed E-state index contributed by atoms with van der Waals surface area (Å²) in [4.78, 5) is 25.8. The Bertz CT molecular complexity index is 591. The molecular weight excluding hydrogens is 346 g/mol. The lowest BCUT2D eigenvalue weighted by Gasteiger charge is -2.40. The number of halogens is 1. The minimum Gasteiger partial charge on any atom is -0.480 e.